The van der Waals surface area contributed by atoms with Crippen LogP contribution in [0.3, 0.4) is 0 Å². The number of nitrogens with one attached hydrogen (secondary N) is 1. The van der Waals surface area contributed by atoms with E-state index in [4.69, 9.17) is 10.5 Å². The summed E-state index contributed by atoms with van der Waals surface area (Å²) >= 11 is 0. The number of carbonyl (C=O) groups is 1. The van der Waals surface area contributed by atoms with Crippen molar-refractivity contribution in [3.8, 4) is 5.75 Å². The number of hydrogen-bond donors (Lipinski definition) is 2. The number of nitrogens with zero attached hydrogens (tertiary/aromatic N) is 1. The number of anilines is 2. The third kappa shape index (κ3) is 8.52. The van der Waals surface area contributed by atoms with Gasteiger partial charge in [0.1, 0.15) is 12.4 Å². The molecule has 3 N–H and O–H groups in total. The quantitative estimate of drug-likeness (QED) is 0.643. The average Bonchev–Trinajstić information content (AvgIpc) is 2.56. The minimum absolute atomic E-state index is 0. The number of nitrogen functional groups attached to an aromatic ring is 1. The number of rotatable bonds is 8. The van der Waals surface area contributed by atoms with Crippen molar-refractivity contribution in [1.29, 1.82) is 0 Å². The standard InChI is InChI=1S/C20H27N3O2.2ClH/c1-15-8-10-18(19(14-15)25-13-12-23(2)3)22-20(24)11-9-16-6-4-5-7-17(16)21;;/h4-8,10,14H,9,11-13,21H2,1-3H3,(H,22,24);2*1H. The molecular formula is C20H29Cl2N3O2. The Morgan fingerprint density at radius 2 is 1.85 bits per heavy atom. The van der Waals surface area contributed by atoms with Crippen molar-refractivity contribution in [1.82, 2.24) is 4.90 Å². The van der Waals surface area contributed by atoms with Crippen molar-refractivity contribution >= 4 is 42.1 Å². The van der Waals surface area contributed by atoms with Gasteiger partial charge >= 0.3 is 0 Å². The van der Waals surface area contributed by atoms with Crippen LogP contribution >= 0.6 is 24.8 Å². The van der Waals surface area contributed by atoms with Gasteiger partial charge in [-0.1, -0.05) is 24.3 Å². The summed E-state index contributed by atoms with van der Waals surface area (Å²) in [4.78, 5) is 14.4. The summed E-state index contributed by atoms with van der Waals surface area (Å²) in [5.41, 5.74) is 9.43. The number of hydrogen-bond acceptors (Lipinski definition) is 4. The molecule has 0 aliphatic rings. The largest absolute Gasteiger partial charge is 0.490 e. The highest BCUT2D eigenvalue weighted by atomic mass is 35.5. The Balaban J connectivity index is 0.00000338. The molecule has 0 atom stereocenters. The third-order valence-corrected chi connectivity index (χ3v) is 3.88. The molecule has 0 saturated carbocycles. The van der Waals surface area contributed by atoms with Crippen LogP contribution in [0.15, 0.2) is 42.5 Å². The molecule has 0 unspecified atom stereocenters. The van der Waals surface area contributed by atoms with E-state index in [0.29, 0.717) is 30.9 Å². The highest BCUT2D eigenvalue weighted by Gasteiger charge is 2.10. The lowest BCUT2D eigenvalue weighted by molar-refractivity contribution is -0.116. The van der Waals surface area contributed by atoms with Gasteiger partial charge in [-0.15, -0.1) is 24.8 Å². The van der Waals surface area contributed by atoms with Crippen LogP contribution in [0.1, 0.15) is 17.5 Å². The Kier molecular flexibility index (Phi) is 11.5. The molecule has 1 amide bonds. The smallest absolute Gasteiger partial charge is 0.224 e. The van der Waals surface area contributed by atoms with Gasteiger partial charge in [-0.05, 0) is 56.8 Å². The Hall–Kier alpha value is -1.95. The number of benzene rings is 2. The summed E-state index contributed by atoms with van der Waals surface area (Å²) in [7, 11) is 4.00. The van der Waals surface area contributed by atoms with Gasteiger partial charge in [0, 0.05) is 18.7 Å². The van der Waals surface area contributed by atoms with Crippen LogP contribution in [-0.4, -0.2) is 38.1 Å². The molecule has 27 heavy (non-hydrogen) atoms. The van der Waals surface area contributed by atoms with Crippen LogP contribution in [-0.2, 0) is 11.2 Å². The molecule has 0 aliphatic carbocycles. The van der Waals surface area contributed by atoms with E-state index in [1.807, 2.05) is 63.5 Å². The number of carbonyl (C=O) groups excluding carboxylic acids is 1. The number of halogens is 2. The van der Waals surface area contributed by atoms with E-state index in [1.54, 1.807) is 0 Å². The molecule has 0 fully saturated rings. The predicted octanol–water partition coefficient (Wildman–Crippen LogP) is 3.93. The number of likely N-dealkylation sites (N-methyl/N-ethyl adjacent to an activating group) is 1. The fraction of sp³-hybridized carbons (Fsp3) is 0.350. The topological polar surface area (TPSA) is 67.6 Å². The van der Waals surface area contributed by atoms with E-state index in [-0.39, 0.29) is 30.7 Å². The van der Waals surface area contributed by atoms with Crippen molar-refractivity contribution in [2.45, 2.75) is 19.8 Å². The summed E-state index contributed by atoms with van der Waals surface area (Å²) in [6, 6.07) is 13.4. The summed E-state index contributed by atoms with van der Waals surface area (Å²) in [5, 5.41) is 2.95. The maximum absolute atomic E-state index is 12.3. The van der Waals surface area contributed by atoms with Gasteiger partial charge in [-0.3, -0.25) is 4.79 Å². The van der Waals surface area contributed by atoms with Crippen molar-refractivity contribution in [3.05, 3.63) is 53.6 Å². The molecule has 7 heteroatoms. The van der Waals surface area contributed by atoms with Gasteiger partial charge in [0.05, 0.1) is 5.69 Å². The van der Waals surface area contributed by atoms with Crippen LogP contribution < -0.4 is 15.8 Å². The molecular weight excluding hydrogens is 385 g/mol. The zero-order valence-corrected chi connectivity index (χ0v) is 17.7. The van der Waals surface area contributed by atoms with Gasteiger partial charge in [0.25, 0.3) is 0 Å². The number of ether oxygens (including phenoxy) is 1. The molecule has 0 aliphatic heterocycles. The fourth-order valence-corrected chi connectivity index (χ4v) is 2.41. The second kappa shape index (κ2) is 12.4. The van der Waals surface area contributed by atoms with Crippen molar-refractivity contribution < 1.29 is 9.53 Å². The van der Waals surface area contributed by atoms with Crippen LogP contribution in [0, 0.1) is 6.92 Å². The number of amides is 1. The Labute approximate surface area is 174 Å². The van der Waals surface area contributed by atoms with Crippen molar-refractivity contribution in [3.63, 3.8) is 0 Å². The Bertz CT molecular complexity index is 724. The SMILES string of the molecule is Cc1ccc(NC(=O)CCc2ccccc2N)c(OCCN(C)C)c1.Cl.Cl. The van der Waals surface area contributed by atoms with Crippen molar-refractivity contribution in [2.24, 2.45) is 0 Å². The normalized spacial score (nSPS) is 9.93. The minimum Gasteiger partial charge on any atom is -0.490 e. The number of para-hydroxylation sites is 1. The molecule has 0 radical (unpaired) electrons. The molecule has 0 heterocycles. The summed E-state index contributed by atoms with van der Waals surface area (Å²) in [6.07, 6.45) is 0.987. The summed E-state index contributed by atoms with van der Waals surface area (Å²) < 4.78 is 5.84. The first kappa shape index (κ1) is 25.1. The molecule has 2 aromatic rings. The van der Waals surface area contributed by atoms with Crippen LogP contribution in [0.5, 0.6) is 5.75 Å². The van der Waals surface area contributed by atoms with E-state index in [1.165, 1.54) is 0 Å². The van der Waals surface area contributed by atoms with Gasteiger partial charge in [0.15, 0.2) is 0 Å². The first-order chi connectivity index (χ1) is 12.0. The number of aryl methyl sites for hydroxylation is 2. The maximum Gasteiger partial charge on any atom is 0.224 e. The average molecular weight is 414 g/mol. The third-order valence-electron chi connectivity index (χ3n) is 3.88. The van der Waals surface area contributed by atoms with Gasteiger partial charge in [0.2, 0.25) is 5.91 Å². The minimum atomic E-state index is -0.0513. The highest BCUT2D eigenvalue weighted by molar-refractivity contribution is 5.92. The van der Waals surface area contributed by atoms with Gasteiger partial charge in [-0.2, -0.15) is 0 Å². The lowest BCUT2D eigenvalue weighted by Crippen LogP contribution is -2.20. The molecule has 5 nitrogen and oxygen atoms in total. The van der Waals surface area contributed by atoms with Crippen LogP contribution in [0.2, 0.25) is 0 Å². The first-order valence-electron chi connectivity index (χ1n) is 8.47. The zero-order valence-electron chi connectivity index (χ0n) is 16.0. The Morgan fingerprint density at radius 3 is 2.52 bits per heavy atom. The maximum atomic E-state index is 12.3. The van der Waals surface area contributed by atoms with E-state index < -0.39 is 0 Å². The van der Waals surface area contributed by atoms with E-state index in [9.17, 15) is 4.79 Å². The zero-order chi connectivity index (χ0) is 18.2. The van der Waals surface area contributed by atoms with Crippen LogP contribution in [0.4, 0.5) is 11.4 Å². The van der Waals surface area contributed by atoms with E-state index in [0.717, 1.165) is 23.4 Å². The molecule has 0 spiro atoms. The molecule has 150 valence electrons. The molecule has 0 aromatic heterocycles. The fourth-order valence-electron chi connectivity index (χ4n) is 2.41. The Morgan fingerprint density at radius 1 is 1.15 bits per heavy atom. The highest BCUT2D eigenvalue weighted by Crippen LogP contribution is 2.26. The summed E-state index contributed by atoms with van der Waals surface area (Å²) in [6.45, 7) is 3.39. The molecule has 2 rings (SSSR count). The molecule has 0 saturated heterocycles. The van der Waals surface area contributed by atoms with Gasteiger partial charge in [-0.25, -0.2) is 0 Å². The second-order valence-electron chi connectivity index (χ2n) is 6.40. The van der Waals surface area contributed by atoms with Crippen LogP contribution in [0.25, 0.3) is 0 Å². The molecule has 2 aromatic carbocycles. The van der Waals surface area contributed by atoms with Gasteiger partial charge < -0.3 is 20.7 Å². The predicted molar refractivity (Wildman–Crippen MR) is 118 cm³/mol. The molecule has 0 bridgehead atoms. The lowest BCUT2D eigenvalue weighted by Gasteiger charge is -2.15. The number of nitrogens with two attached hydrogens (primary N) is 1. The monoisotopic (exact) mass is 413 g/mol. The summed E-state index contributed by atoms with van der Waals surface area (Å²) in [5.74, 6) is 0.652. The van der Waals surface area contributed by atoms with E-state index in [2.05, 4.69) is 10.2 Å². The van der Waals surface area contributed by atoms with E-state index >= 15 is 0 Å². The second-order valence-corrected chi connectivity index (χ2v) is 6.40. The first-order valence-corrected chi connectivity index (χ1v) is 8.47. The van der Waals surface area contributed by atoms with Crippen molar-refractivity contribution in [2.75, 3.05) is 38.3 Å². The lowest BCUT2D eigenvalue weighted by atomic mass is 10.1.